The number of nitrogens with one attached hydrogen (secondary N) is 2. The molecule has 9 nitrogen and oxygen atoms in total. The molecule has 1 atom stereocenters. The second-order valence-electron chi connectivity index (χ2n) is 6.77. The van der Waals surface area contributed by atoms with Gasteiger partial charge in [0, 0.05) is 29.2 Å². The molecule has 0 saturated carbocycles. The average molecular weight is 406 g/mol. The van der Waals surface area contributed by atoms with Crippen LogP contribution in [0.25, 0.3) is 22.3 Å². The van der Waals surface area contributed by atoms with E-state index in [1.165, 1.54) is 17.7 Å². The minimum atomic E-state index is -0.207. The van der Waals surface area contributed by atoms with E-state index in [1.54, 1.807) is 18.3 Å². The summed E-state index contributed by atoms with van der Waals surface area (Å²) in [5, 5.41) is 14.1. The summed E-state index contributed by atoms with van der Waals surface area (Å²) in [7, 11) is 0. The molecular formula is C19H18N8OS. The van der Waals surface area contributed by atoms with Crippen molar-refractivity contribution < 1.29 is 4.79 Å². The number of rotatable bonds is 4. The molecule has 1 amide bonds. The van der Waals surface area contributed by atoms with Crippen molar-refractivity contribution in [2.24, 2.45) is 0 Å². The molecule has 4 aromatic rings. The smallest absolute Gasteiger partial charge is 0.257 e. The van der Waals surface area contributed by atoms with Gasteiger partial charge < -0.3 is 11.1 Å². The van der Waals surface area contributed by atoms with Crippen molar-refractivity contribution >= 4 is 39.2 Å². The zero-order chi connectivity index (χ0) is 19.8. The van der Waals surface area contributed by atoms with Crippen LogP contribution in [0.4, 0.5) is 10.9 Å². The first-order valence-corrected chi connectivity index (χ1v) is 10.1. The van der Waals surface area contributed by atoms with E-state index in [0.29, 0.717) is 16.5 Å². The quantitative estimate of drug-likeness (QED) is 0.475. The lowest BCUT2D eigenvalue weighted by molar-refractivity contribution is 0.102. The molecule has 0 spiro atoms. The van der Waals surface area contributed by atoms with Crippen molar-refractivity contribution in [2.75, 3.05) is 24.1 Å². The summed E-state index contributed by atoms with van der Waals surface area (Å²) in [6.45, 7) is 1.79. The number of carbonyl (C=O) groups excluding carboxylic acids is 1. The molecule has 1 aliphatic rings. The number of nitrogens with zero attached hydrogens (tertiary/aromatic N) is 5. The van der Waals surface area contributed by atoms with Gasteiger partial charge in [-0.3, -0.25) is 10.1 Å². The zero-order valence-electron chi connectivity index (χ0n) is 15.4. The van der Waals surface area contributed by atoms with E-state index in [0.717, 1.165) is 41.8 Å². The first-order chi connectivity index (χ1) is 14.2. The number of nitrogen functional groups attached to an aromatic ring is 1. The lowest BCUT2D eigenvalue weighted by Gasteiger charge is -2.09. The lowest BCUT2D eigenvalue weighted by Crippen LogP contribution is -2.15. The summed E-state index contributed by atoms with van der Waals surface area (Å²) in [5.41, 5.74) is 9.01. The molecule has 146 valence electrons. The minimum absolute atomic E-state index is 0.207. The van der Waals surface area contributed by atoms with Crippen molar-refractivity contribution in [3.8, 4) is 11.3 Å². The standard InChI is InChI=1S/C19H18N8OS/c20-16-14-15(26-27(13-5-6-21-9-13)17(14)24-10-23-16)11-1-3-12(4-2-11)18(28)25-19-22-7-8-29-19/h1-4,7-8,10,13,21H,5-6,9H2,(H2,20,23,24)(H,22,25,28)/t13-/m1/s1. The molecule has 5 rings (SSSR count). The SMILES string of the molecule is Nc1ncnc2c1c(-c1ccc(C(=O)Nc3nccs3)cc1)nn2[C@@H]1CCNC1. The third-order valence-electron chi connectivity index (χ3n) is 4.97. The molecule has 10 heteroatoms. The van der Waals surface area contributed by atoms with Crippen LogP contribution >= 0.6 is 11.3 Å². The summed E-state index contributed by atoms with van der Waals surface area (Å²) in [6, 6.07) is 7.48. The predicted octanol–water partition coefficient (Wildman–Crippen LogP) is 2.32. The Balaban J connectivity index is 1.51. The van der Waals surface area contributed by atoms with Crippen LogP contribution in [0.2, 0.25) is 0 Å². The average Bonchev–Trinajstić information content (AvgIpc) is 3.49. The Kier molecular flexibility index (Phi) is 4.41. The molecule has 1 aromatic carbocycles. The van der Waals surface area contributed by atoms with Gasteiger partial charge in [0.15, 0.2) is 10.8 Å². The second kappa shape index (κ2) is 7.22. The Morgan fingerprint density at radius 3 is 2.83 bits per heavy atom. The number of hydrogen-bond acceptors (Lipinski definition) is 8. The predicted molar refractivity (Wildman–Crippen MR) is 112 cm³/mol. The Hall–Kier alpha value is -3.37. The minimum Gasteiger partial charge on any atom is -0.383 e. The van der Waals surface area contributed by atoms with Crippen molar-refractivity contribution in [2.45, 2.75) is 12.5 Å². The van der Waals surface area contributed by atoms with Crippen molar-refractivity contribution in [3.05, 3.63) is 47.7 Å². The first-order valence-electron chi connectivity index (χ1n) is 9.21. The van der Waals surface area contributed by atoms with Crippen LogP contribution in [0, 0.1) is 0 Å². The van der Waals surface area contributed by atoms with E-state index in [9.17, 15) is 4.79 Å². The number of benzene rings is 1. The molecule has 1 saturated heterocycles. The van der Waals surface area contributed by atoms with Gasteiger partial charge in [-0.05, 0) is 25.1 Å². The summed E-state index contributed by atoms with van der Waals surface area (Å²) in [6.07, 6.45) is 4.10. The molecule has 4 heterocycles. The van der Waals surface area contributed by atoms with Crippen LogP contribution in [0.5, 0.6) is 0 Å². The highest BCUT2D eigenvalue weighted by Gasteiger charge is 2.24. The van der Waals surface area contributed by atoms with Crippen LogP contribution < -0.4 is 16.4 Å². The van der Waals surface area contributed by atoms with Crippen LogP contribution in [0.3, 0.4) is 0 Å². The molecule has 3 aromatic heterocycles. The van der Waals surface area contributed by atoms with E-state index in [-0.39, 0.29) is 11.9 Å². The van der Waals surface area contributed by atoms with Crippen LogP contribution in [-0.2, 0) is 0 Å². The van der Waals surface area contributed by atoms with Gasteiger partial charge in [0.1, 0.15) is 17.8 Å². The molecule has 29 heavy (non-hydrogen) atoms. The fourth-order valence-electron chi connectivity index (χ4n) is 3.53. The van der Waals surface area contributed by atoms with Gasteiger partial charge in [0.05, 0.1) is 11.4 Å². The lowest BCUT2D eigenvalue weighted by atomic mass is 10.1. The molecule has 1 fully saturated rings. The third kappa shape index (κ3) is 3.22. The number of thiazole rings is 1. The van der Waals surface area contributed by atoms with E-state index in [2.05, 4.69) is 25.6 Å². The van der Waals surface area contributed by atoms with Crippen LogP contribution in [-0.4, -0.2) is 43.7 Å². The fraction of sp³-hybridized carbons (Fsp3) is 0.211. The van der Waals surface area contributed by atoms with E-state index in [1.807, 2.05) is 22.2 Å². The van der Waals surface area contributed by atoms with Crippen molar-refractivity contribution in [1.29, 1.82) is 0 Å². The van der Waals surface area contributed by atoms with Gasteiger partial charge in [-0.2, -0.15) is 5.10 Å². The number of hydrogen-bond donors (Lipinski definition) is 3. The van der Waals surface area contributed by atoms with E-state index < -0.39 is 0 Å². The number of nitrogens with two attached hydrogens (primary N) is 1. The highest BCUT2D eigenvalue weighted by Crippen LogP contribution is 2.32. The molecule has 0 aliphatic carbocycles. The molecule has 0 bridgehead atoms. The molecule has 1 aliphatic heterocycles. The van der Waals surface area contributed by atoms with Gasteiger partial charge in [-0.25, -0.2) is 19.6 Å². The summed E-state index contributed by atoms with van der Waals surface area (Å²) in [5.74, 6) is 0.189. The highest BCUT2D eigenvalue weighted by atomic mass is 32.1. The maximum atomic E-state index is 12.4. The van der Waals surface area contributed by atoms with Crippen LogP contribution in [0.1, 0.15) is 22.8 Å². The number of aromatic nitrogens is 5. The summed E-state index contributed by atoms with van der Waals surface area (Å²) < 4.78 is 1.94. The Bertz CT molecular complexity index is 1160. The maximum Gasteiger partial charge on any atom is 0.257 e. The van der Waals surface area contributed by atoms with Gasteiger partial charge in [-0.15, -0.1) is 11.3 Å². The normalized spacial score (nSPS) is 16.3. The van der Waals surface area contributed by atoms with Gasteiger partial charge in [0.2, 0.25) is 0 Å². The van der Waals surface area contributed by atoms with Gasteiger partial charge >= 0.3 is 0 Å². The summed E-state index contributed by atoms with van der Waals surface area (Å²) >= 11 is 1.37. The van der Waals surface area contributed by atoms with Gasteiger partial charge in [0.25, 0.3) is 5.91 Å². The molecule has 0 radical (unpaired) electrons. The largest absolute Gasteiger partial charge is 0.383 e. The number of carbonyl (C=O) groups is 1. The fourth-order valence-corrected chi connectivity index (χ4v) is 4.06. The first kappa shape index (κ1) is 17.7. The monoisotopic (exact) mass is 406 g/mol. The summed E-state index contributed by atoms with van der Waals surface area (Å²) in [4.78, 5) is 25.0. The molecule has 4 N–H and O–H groups in total. The topological polar surface area (TPSA) is 124 Å². The number of anilines is 2. The van der Waals surface area contributed by atoms with Crippen molar-refractivity contribution in [1.82, 2.24) is 30.0 Å². The Labute approximate surface area is 170 Å². The highest BCUT2D eigenvalue weighted by molar-refractivity contribution is 7.13. The molecule has 0 unspecified atom stereocenters. The van der Waals surface area contributed by atoms with Crippen molar-refractivity contribution in [3.63, 3.8) is 0 Å². The molecular weight excluding hydrogens is 388 g/mol. The number of amides is 1. The Morgan fingerprint density at radius 2 is 2.10 bits per heavy atom. The van der Waals surface area contributed by atoms with E-state index in [4.69, 9.17) is 10.8 Å². The zero-order valence-corrected chi connectivity index (χ0v) is 16.2. The number of fused-ring (bicyclic) bond motifs is 1. The van der Waals surface area contributed by atoms with Gasteiger partial charge in [-0.1, -0.05) is 12.1 Å². The maximum absolute atomic E-state index is 12.4. The third-order valence-corrected chi connectivity index (χ3v) is 5.66. The second-order valence-corrected chi connectivity index (χ2v) is 7.66. The Morgan fingerprint density at radius 1 is 1.24 bits per heavy atom. The van der Waals surface area contributed by atoms with E-state index >= 15 is 0 Å². The van der Waals surface area contributed by atoms with Crippen LogP contribution in [0.15, 0.2) is 42.2 Å².